The lowest BCUT2D eigenvalue weighted by Gasteiger charge is -2.27. The highest BCUT2D eigenvalue weighted by atomic mass is 32.5. The van der Waals surface area contributed by atoms with E-state index in [1.807, 2.05) is 0 Å². The lowest BCUT2D eigenvalue weighted by Crippen LogP contribution is -2.38. The number of fused-ring (bicyclic) bond motifs is 6. The number of nitrogens with zero attached hydrogens (tertiary/aromatic N) is 6. The Balaban J connectivity index is 1.23. The maximum absolute atomic E-state index is 13.2. The minimum atomic E-state index is -5.02. The van der Waals surface area contributed by atoms with E-state index < -0.39 is 82.4 Å². The zero-order chi connectivity index (χ0) is 31.8. The van der Waals surface area contributed by atoms with Gasteiger partial charge in [0.1, 0.15) is 48.5 Å². The summed E-state index contributed by atoms with van der Waals surface area (Å²) in [4.78, 5) is 52.7. The Hall–Kier alpha value is -2.95. The van der Waals surface area contributed by atoms with Gasteiger partial charge in [0.25, 0.3) is 5.56 Å². The van der Waals surface area contributed by atoms with Gasteiger partial charge in [0.15, 0.2) is 29.6 Å². The number of phosphoric ester groups is 1. The van der Waals surface area contributed by atoms with E-state index in [2.05, 4.69) is 24.9 Å². The second kappa shape index (κ2) is 11.1. The first-order chi connectivity index (χ1) is 21.3. The van der Waals surface area contributed by atoms with Crippen molar-refractivity contribution in [3.8, 4) is 0 Å². The lowest BCUT2D eigenvalue weighted by molar-refractivity contribution is -0.0648. The fourth-order valence-corrected chi connectivity index (χ4v) is 7.76. The van der Waals surface area contributed by atoms with Crippen molar-refractivity contribution in [2.24, 2.45) is 0 Å². The van der Waals surface area contributed by atoms with E-state index in [-0.39, 0.29) is 34.0 Å². The number of imidazole rings is 1. The molecule has 7 rings (SSSR count). The Bertz CT molecular complexity index is 1940. The molecule has 3 fully saturated rings. The molecule has 24 heteroatoms. The summed E-state index contributed by atoms with van der Waals surface area (Å²) in [6, 6.07) is 1.41. The molecule has 0 radical (unpaired) electrons. The fraction of sp³-hybridized carbons (Fsp3) is 0.476. The Morgan fingerprint density at radius 2 is 1.62 bits per heavy atom. The van der Waals surface area contributed by atoms with Crippen LogP contribution in [0.4, 0.5) is 11.8 Å². The molecule has 7 heterocycles. The Morgan fingerprint density at radius 3 is 2.36 bits per heavy atom. The summed E-state index contributed by atoms with van der Waals surface area (Å²) in [5.74, 6) is -0.157. The SMILES string of the molecule is Nc1nc2c(ccn2[C@@H]2O[C@@H]3COP(=O)(O)OC4[C@@H](O)[C@@H](COP(O)(=S)O[C@H]2C3O)O[C@H]4n2cnc3c(N)ncnc32)c(=O)[nH]1. The van der Waals surface area contributed by atoms with Gasteiger partial charge in [-0.25, -0.2) is 19.5 Å². The highest BCUT2D eigenvalue weighted by Crippen LogP contribution is 2.54. The van der Waals surface area contributed by atoms with E-state index in [9.17, 15) is 29.4 Å². The number of hydrogen-bond donors (Lipinski definition) is 7. The summed E-state index contributed by atoms with van der Waals surface area (Å²) >= 11 is 5.22. The normalized spacial score (nSPS) is 37.7. The van der Waals surface area contributed by atoms with E-state index in [0.717, 1.165) is 0 Å². The van der Waals surface area contributed by atoms with Crippen LogP contribution in [0.25, 0.3) is 22.2 Å². The van der Waals surface area contributed by atoms with Gasteiger partial charge in [0.05, 0.1) is 24.9 Å². The molecule has 0 spiro atoms. The monoisotopic (exact) mass is 689 g/mol. The quantitative estimate of drug-likeness (QED) is 0.116. The van der Waals surface area contributed by atoms with E-state index in [4.69, 9.17) is 50.8 Å². The Labute approximate surface area is 255 Å². The van der Waals surface area contributed by atoms with E-state index in [1.54, 1.807) is 0 Å². The van der Waals surface area contributed by atoms with Crippen LogP contribution in [-0.4, -0.2) is 104 Å². The third-order valence-corrected chi connectivity index (χ3v) is 10.0. The number of nitrogens with two attached hydrogens (primary N) is 2. The number of anilines is 2. The van der Waals surface area contributed by atoms with Crippen molar-refractivity contribution in [2.75, 3.05) is 24.7 Å². The second-order valence-corrected chi connectivity index (χ2v) is 14.5. The molecular weight excluding hydrogens is 664 g/mol. The van der Waals surface area contributed by atoms with Crippen LogP contribution in [0, 0.1) is 0 Å². The summed E-state index contributed by atoms with van der Waals surface area (Å²) in [5.41, 5.74) is 11.4. The van der Waals surface area contributed by atoms with Crippen molar-refractivity contribution in [2.45, 2.75) is 49.1 Å². The number of hydrogen-bond acceptors (Lipinski definition) is 17. The average molecular weight is 689 g/mol. The number of ether oxygens (including phenoxy) is 2. The molecule has 3 aliphatic rings. The van der Waals surface area contributed by atoms with Crippen molar-refractivity contribution < 1.29 is 52.1 Å². The predicted molar refractivity (Wildman–Crippen MR) is 152 cm³/mol. The molecule has 3 saturated heterocycles. The van der Waals surface area contributed by atoms with Gasteiger partial charge in [0.2, 0.25) is 5.95 Å². The van der Waals surface area contributed by atoms with Crippen LogP contribution in [0.3, 0.4) is 0 Å². The molecule has 4 unspecified atom stereocenters. The number of nitrogen functional groups attached to an aromatic ring is 2. The highest BCUT2D eigenvalue weighted by molar-refractivity contribution is 8.07. The first-order valence-corrected chi connectivity index (χ1v) is 17.2. The van der Waals surface area contributed by atoms with Crippen LogP contribution in [-0.2, 0) is 43.9 Å². The minimum Gasteiger partial charge on any atom is -0.387 e. The molecular formula is C21H25N9O12P2S. The molecule has 21 nitrogen and oxygen atoms in total. The average Bonchev–Trinajstić information content (AvgIpc) is 3.72. The highest BCUT2D eigenvalue weighted by Gasteiger charge is 2.53. The van der Waals surface area contributed by atoms with Gasteiger partial charge in [-0.3, -0.25) is 27.9 Å². The molecule has 3 aliphatic heterocycles. The van der Waals surface area contributed by atoms with Gasteiger partial charge in [0, 0.05) is 6.20 Å². The summed E-state index contributed by atoms with van der Waals surface area (Å²) in [7, 11) is -5.02. The Kier molecular flexibility index (Phi) is 7.56. The van der Waals surface area contributed by atoms with Gasteiger partial charge < -0.3 is 50.0 Å². The van der Waals surface area contributed by atoms with E-state index >= 15 is 0 Å². The van der Waals surface area contributed by atoms with E-state index in [0.29, 0.717) is 0 Å². The van der Waals surface area contributed by atoms with Crippen LogP contribution in [0.5, 0.6) is 0 Å². The Morgan fingerprint density at radius 1 is 0.956 bits per heavy atom. The number of aliphatic hydroxyl groups excluding tert-OH is 2. The predicted octanol–water partition coefficient (Wildman–Crippen LogP) is -1.62. The molecule has 0 aromatic carbocycles. The molecule has 0 aliphatic carbocycles. The van der Waals surface area contributed by atoms with Gasteiger partial charge in [-0.15, -0.1) is 0 Å². The maximum Gasteiger partial charge on any atom is 0.472 e. The topological polar surface area (TPSA) is 300 Å². The van der Waals surface area contributed by atoms with Crippen molar-refractivity contribution in [3.63, 3.8) is 0 Å². The minimum absolute atomic E-state index is 0.0452. The smallest absolute Gasteiger partial charge is 0.387 e. The van der Waals surface area contributed by atoms with Gasteiger partial charge in [-0.1, -0.05) is 0 Å². The first-order valence-electron chi connectivity index (χ1n) is 13.1. The van der Waals surface area contributed by atoms with Crippen molar-refractivity contribution in [1.82, 2.24) is 34.1 Å². The zero-order valence-corrected chi connectivity index (χ0v) is 25.1. The molecule has 242 valence electrons. The van der Waals surface area contributed by atoms with Crippen LogP contribution >= 0.6 is 14.5 Å². The largest absolute Gasteiger partial charge is 0.472 e. The van der Waals surface area contributed by atoms with Gasteiger partial charge in [-0.2, -0.15) is 4.98 Å². The number of rotatable bonds is 2. The molecule has 0 saturated carbocycles. The molecule has 45 heavy (non-hydrogen) atoms. The number of H-pyrrole nitrogens is 1. The van der Waals surface area contributed by atoms with Crippen LogP contribution in [0.15, 0.2) is 29.7 Å². The number of aromatic amines is 1. The molecule has 4 aromatic heterocycles. The number of aromatic nitrogens is 7. The standard InChI is InChI=1S/C21H25N9O12P2S/c22-15-10-17(25-5-24-15)30(6-26-10)20-13-11(31)9(40-20)4-38-44(36,45)42-14-12(32)8(3-37-43(34,35)41-13)39-19(14)29-2-1-7-16(29)27-21(23)28-18(7)33/h1-2,5-6,8-9,11-14,19-20,31-32H,3-4H2,(H,34,35)(H,36,45)(H2,22,24,25)(H3,23,27,28,33)/t8-,9-,11+,12?,13?,14+,19-,20-,44?/m1/s1. The van der Waals surface area contributed by atoms with Crippen molar-refractivity contribution >= 4 is 60.3 Å². The molecule has 4 bridgehead atoms. The van der Waals surface area contributed by atoms with Crippen molar-refractivity contribution in [3.05, 3.63) is 35.3 Å². The van der Waals surface area contributed by atoms with Gasteiger partial charge in [-0.05, 0) is 17.9 Å². The summed E-state index contributed by atoms with van der Waals surface area (Å²) in [6.07, 6.45) is -7.81. The number of aliphatic hydroxyl groups is 2. The van der Waals surface area contributed by atoms with E-state index in [1.165, 1.54) is 34.1 Å². The second-order valence-electron chi connectivity index (χ2n) is 10.3. The summed E-state index contributed by atoms with van der Waals surface area (Å²) in [6.45, 7) is -5.58. The van der Waals surface area contributed by atoms with Crippen LogP contribution in [0.1, 0.15) is 12.5 Å². The summed E-state index contributed by atoms with van der Waals surface area (Å²) < 4.78 is 49.5. The molecule has 0 amide bonds. The van der Waals surface area contributed by atoms with Gasteiger partial charge >= 0.3 is 14.5 Å². The molecule has 9 N–H and O–H groups in total. The zero-order valence-electron chi connectivity index (χ0n) is 22.5. The maximum atomic E-state index is 13.2. The summed E-state index contributed by atoms with van der Waals surface area (Å²) in [5, 5.41) is 22.4. The fourth-order valence-electron chi connectivity index (χ4n) is 5.41. The lowest BCUT2D eigenvalue weighted by atomic mass is 10.1. The first kappa shape index (κ1) is 30.7. The van der Waals surface area contributed by atoms with Crippen LogP contribution in [0.2, 0.25) is 0 Å². The third-order valence-electron chi connectivity index (χ3n) is 7.47. The third kappa shape index (κ3) is 5.46. The molecule has 10 atom stereocenters. The van der Waals surface area contributed by atoms with Crippen LogP contribution < -0.4 is 17.0 Å². The molecule has 4 aromatic rings. The number of phosphoric acid groups is 1. The van der Waals surface area contributed by atoms with Crippen molar-refractivity contribution in [1.29, 1.82) is 0 Å². The number of nitrogens with one attached hydrogen (secondary N) is 1.